The molecule has 0 saturated carbocycles. The van der Waals surface area contributed by atoms with Gasteiger partial charge in [0.05, 0.1) is 33.3 Å². The number of hydrogen-bond donors (Lipinski definition) is 3. The summed E-state index contributed by atoms with van der Waals surface area (Å²) in [5, 5.41) is 14.0. The van der Waals surface area contributed by atoms with Gasteiger partial charge in [0.15, 0.2) is 0 Å². The maximum Gasteiger partial charge on any atom is 0.392 e. The van der Waals surface area contributed by atoms with Gasteiger partial charge in [0.2, 0.25) is 5.96 Å². The molecule has 2 rings (SSSR count). The summed E-state index contributed by atoms with van der Waals surface area (Å²) >= 11 is 24.3. The third kappa shape index (κ3) is 8.77. The molecule has 4 atom stereocenters. The number of benzene rings is 2. The van der Waals surface area contributed by atoms with Crippen LogP contribution in [-0.2, 0) is 0 Å². The molecule has 0 spiro atoms. The van der Waals surface area contributed by atoms with Crippen LogP contribution < -0.4 is 10.6 Å². The third-order valence-corrected chi connectivity index (χ3v) is 7.02. The highest BCUT2D eigenvalue weighted by Crippen LogP contribution is 2.40. The zero-order chi connectivity index (χ0) is 27.9. The molecule has 2 aromatic rings. The molecule has 5 nitrogen and oxygen atoms in total. The molecule has 4 unspecified atom stereocenters. The van der Waals surface area contributed by atoms with Gasteiger partial charge < -0.3 is 10.7 Å². The number of hydrogen-bond acceptors (Lipinski definition) is 3. The molecule has 0 aliphatic rings. The number of carbonyl (C=O) groups excluding carboxylic acids is 1. The lowest BCUT2D eigenvalue weighted by Crippen LogP contribution is -2.42. The van der Waals surface area contributed by atoms with E-state index in [4.69, 9.17) is 51.8 Å². The Morgan fingerprint density at radius 1 is 1.05 bits per heavy atom. The van der Waals surface area contributed by atoms with Gasteiger partial charge >= 0.3 is 6.18 Å². The second-order valence-electron chi connectivity index (χ2n) is 8.59. The molecule has 0 aliphatic heterocycles. The van der Waals surface area contributed by atoms with Gasteiger partial charge in [0, 0.05) is 16.0 Å². The molecular formula is C25H27Cl4F3N4O. The number of halogens is 7. The average Bonchev–Trinajstić information content (AvgIpc) is 2.79. The number of nitrogens with one attached hydrogen (secondary N) is 3. The van der Waals surface area contributed by atoms with Crippen molar-refractivity contribution in [3.8, 4) is 0 Å². The number of nitrogens with zero attached hydrogens (tertiary/aromatic N) is 1. The van der Waals surface area contributed by atoms with E-state index in [1.165, 1.54) is 38.1 Å². The van der Waals surface area contributed by atoms with Gasteiger partial charge in [-0.3, -0.25) is 10.1 Å². The highest BCUT2D eigenvalue weighted by Gasteiger charge is 2.48. The number of aliphatic imine (C=N–C) groups is 1. The van der Waals surface area contributed by atoms with Gasteiger partial charge in [-0.2, -0.15) is 13.2 Å². The fourth-order valence-electron chi connectivity index (χ4n) is 3.91. The monoisotopic (exact) mass is 596 g/mol. The molecule has 0 aliphatic carbocycles. The highest BCUT2D eigenvalue weighted by molar-refractivity contribution is 6.38. The minimum absolute atomic E-state index is 0.0841. The van der Waals surface area contributed by atoms with Crippen molar-refractivity contribution in [1.82, 2.24) is 5.32 Å². The second kappa shape index (κ2) is 13.7. The van der Waals surface area contributed by atoms with E-state index in [0.29, 0.717) is 22.2 Å². The van der Waals surface area contributed by atoms with Crippen molar-refractivity contribution in [3.63, 3.8) is 0 Å². The summed E-state index contributed by atoms with van der Waals surface area (Å²) < 4.78 is 42.2. The summed E-state index contributed by atoms with van der Waals surface area (Å²) in [4.78, 5) is 17.4. The number of guanidine groups is 1. The van der Waals surface area contributed by atoms with E-state index in [9.17, 15) is 18.0 Å². The molecule has 0 aromatic heterocycles. The minimum Gasteiger partial charge on any atom is -0.325 e. The molecule has 12 heteroatoms. The van der Waals surface area contributed by atoms with Crippen LogP contribution in [0.2, 0.25) is 20.1 Å². The van der Waals surface area contributed by atoms with E-state index < -0.39 is 35.9 Å². The van der Waals surface area contributed by atoms with Crippen LogP contribution in [0, 0.1) is 23.2 Å². The Balaban J connectivity index is 2.46. The van der Waals surface area contributed by atoms with E-state index in [1.54, 1.807) is 19.1 Å². The summed E-state index contributed by atoms with van der Waals surface area (Å²) in [5.74, 6) is -4.62. The van der Waals surface area contributed by atoms with E-state index in [2.05, 4.69) is 15.6 Å². The Morgan fingerprint density at radius 2 is 1.65 bits per heavy atom. The van der Waals surface area contributed by atoms with Gasteiger partial charge in [0.25, 0.3) is 5.91 Å². The SMILES string of the molecule is CCCC(C=N)C(C(C)C(C)N=C(NC(=O)c1ccc(Cl)cc1Cl)Nc1ccc(Cl)cc1Cl)C(F)(F)F. The first-order chi connectivity index (χ1) is 17.3. The Hall–Kier alpha value is -2.00. The predicted octanol–water partition coefficient (Wildman–Crippen LogP) is 8.77. The topological polar surface area (TPSA) is 77.3 Å². The Bertz CT molecular complexity index is 1140. The van der Waals surface area contributed by atoms with Crippen molar-refractivity contribution in [2.24, 2.45) is 22.7 Å². The molecular weight excluding hydrogens is 571 g/mol. The van der Waals surface area contributed by atoms with Crippen LogP contribution in [0.25, 0.3) is 0 Å². The van der Waals surface area contributed by atoms with Gasteiger partial charge in [-0.15, -0.1) is 0 Å². The van der Waals surface area contributed by atoms with Crippen LogP contribution >= 0.6 is 46.4 Å². The molecule has 0 fully saturated rings. The van der Waals surface area contributed by atoms with E-state index in [1.807, 2.05) is 0 Å². The van der Waals surface area contributed by atoms with Crippen LogP contribution in [0.4, 0.5) is 18.9 Å². The Labute approximate surface area is 234 Å². The average molecular weight is 598 g/mol. The largest absolute Gasteiger partial charge is 0.392 e. The normalized spacial score (nSPS) is 15.5. The summed E-state index contributed by atoms with van der Waals surface area (Å²) in [6.45, 7) is 4.72. The summed E-state index contributed by atoms with van der Waals surface area (Å²) in [6.07, 6.45) is -2.98. The summed E-state index contributed by atoms with van der Waals surface area (Å²) in [6, 6.07) is 7.93. The maximum atomic E-state index is 14.1. The van der Waals surface area contributed by atoms with Crippen LogP contribution in [0.5, 0.6) is 0 Å². The van der Waals surface area contributed by atoms with Crippen LogP contribution in [0.1, 0.15) is 44.0 Å². The zero-order valence-electron chi connectivity index (χ0n) is 20.3. The first-order valence-electron chi connectivity index (χ1n) is 11.4. The minimum atomic E-state index is -4.55. The van der Waals surface area contributed by atoms with Gasteiger partial charge in [-0.25, -0.2) is 4.99 Å². The number of rotatable bonds is 9. The van der Waals surface area contributed by atoms with Crippen LogP contribution in [0.3, 0.4) is 0 Å². The number of anilines is 1. The third-order valence-electron chi connectivity index (χ3n) is 5.93. The van der Waals surface area contributed by atoms with Crippen molar-refractivity contribution in [2.45, 2.75) is 45.8 Å². The Morgan fingerprint density at radius 3 is 2.16 bits per heavy atom. The van der Waals surface area contributed by atoms with Gasteiger partial charge in [-0.1, -0.05) is 66.7 Å². The smallest absolute Gasteiger partial charge is 0.325 e. The number of carbonyl (C=O) groups is 1. The van der Waals surface area contributed by atoms with Gasteiger partial charge in [0.1, 0.15) is 0 Å². The van der Waals surface area contributed by atoms with E-state index >= 15 is 0 Å². The molecule has 37 heavy (non-hydrogen) atoms. The zero-order valence-corrected chi connectivity index (χ0v) is 23.3. The molecule has 0 saturated heterocycles. The molecule has 0 heterocycles. The summed E-state index contributed by atoms with van der Waals surface area (Å²) in [5.41, 5.74) is 0.409. The van der Waals surface area contributed by atoms with Crippen LogP contribution in [0.15, 0.2) is 41.4 Å². The lowest BCUT2D eigenvalue weighted by Gasteiger charge is -2.33. The van der Waals surface area contributed by atoms with E-state index in [-0.39, 0.29) is 28.0 Å². The molecule has 0 radical (unpaired) electrons. The maximum absolute atomic E-state index is 14.1. The molecule has 0 bridgehead atoms. The second-order valence-corrected chi connectivity index (χ2v) is 10.3. The van der Waals surface area contributed by atoms with Crippen LogP contribution in [-0.4, -0.2) is 30.3 Å². The van der Waals surface area contributed by atoms with Crippen molar-refractivity contribution >= 4 is 70.2 Å². The summed E-state index contributed by atoms with van der Waals surface area (Å²) in [7, 11) is 0. The van der Waals surface area contributed by atoms with Crippen molar-refractivity contribution in [3.05, 3.63) is 62.1 Å². The lowest BCUT2D eigenvalue weighted by molar-refractivity contribution is -0.197. The van der Waals surface area contributed by atoms with Gasteiger partial charge in [-0.05, 0) is 61.9 Å². The van der Waals surface area contributed by atoms with E-state index in [0.717, 1.165) is 6.21 Å². The highest BCUT2D eigenvalue weighted by atomic mass is 35.5. The molecule has 3 N–H and O–H groups in total. The first-order valence-corrected chi connectivity index (χ1v) is 12.9. The molecule has 202 valence electrons. The number of alkyl halides is 3. The van der Waals surface area contributed by atoms with Crippen molar-refractivity contribution in [1.29, 1.82) is 5.41 Å². The predicted molar refractivity (Wildman–Crippen MR) is 147 cm³/mol. The first kappa shape index (κ1) is 31.2. The fourth-order valence-corrected chi connectivity index (χ4v) is 4.86. The fraction of sp³-hybridized carbons (Fsp3) is 0.400. The van der Waals surface area contributed by atoms with Crippen molar-refractivity contribution in [2.75, 3.05) is 5.32 Å². The quantitative estimate of drug-likeness (QED) is 0.199. The standard InChI is InChI=1S/C25H27Cl4F3N4O/c1-4-5-15(12-33)22(25(30,31)32)13(2)14(3)34-24(35-21-9-7-17(27)11-20(21)29)36-23(37)18-8-6-16(26)10-19(18)28/h6-15,22,33H,4-5H2,1-3H3,(H2,34,35,36,37). The molecule has 2 aromatic carbocycles. The lowest BCUT2D eigenvalue weighted by atomic mass is 9.77. The molecule has 1 amide bonds. The Kier molecular flexibility index (Phi) is 11.6. The number of amides is 1. The van der Waals surface area contributed by atoms with Crippen molar-refractivity contribution < 1.29 is 18.0 Å².